The highest BCUT2D eigenvalue weighted by Gasteiger charge is 2.20. The summed E-state index contributed by atoms with van der Waals surface area (Å²) in [5.74, 6) is -1.23. The van der Waals surface area contributed by atoms with Crippen LogP contribution in [0.5, 0.6) is 5.75 Å². The number of nitrogens with two attached hydrogens (primary N) is 1. The van der Waals surface area contributed by atoms with Gasteiger partial charge in [-0.3, -0.25) is 9.59 Å². The quantitative estimate of drug-likeness (QED) is 0.589. The van der Waals surface area contributed by atoms with Gasteiger partial charge in [-0.05, 0) is 24.5 Å². The van der Waals surface area contributed by atoms with Crippen LogP contribution < -0.4 is 10.5 Å². The van der Waals surface area contributed by atoms with E-state index in [1.807, 2.05) is 6.07 Å². The Bertz CT molecular complexity index is 405. The molecule has 5 heteroatoms. The van der Waals surface area contributed by atoms with Crippen molar-refractivity contribution in [3.63, 3.8) is 0 Å². The van der Waals surface area contributed by atoms with E-state index in [0.717, 1.165) is 0 Å². The van der Waals surface area contributed by atoms with E-state index >= 15 is 0 Å². The number of benzene rings is 1. The summed E-state index contributed by atoms with van der Waals surface area (Å²) in [7, 11) is 0. The van der Waals surface area contributed by atoms with E-state index < -0.39 is 12.0 Å². The fourth-order valence-electron chi connectivity index (χ4n) is 1.44. The summed E-state index contributed by atoms with van der Waals surface area (Å²) in [6.07, 6.45) is 0.538. The summed E-state index contributed by atoms with van der Waals surface area (Å²) in [5.41, 5.74) is 5.45. The number of hydrogen-bond donors (Lipinski definition) is 2. The molecular weight excluding hydrogens is 234 g/mol. The molecule has 1 aromatic carbocycles. The molecule has 1 aromatic rings. The second kappa shape index (κ2) is 6.76. The van der Waals surface area contributed by atoms with Crippen molar-refractivity contribution in [2.75, 3.05) is 0 Å². The lowest BCUT2D eigenvalue weighted by molar-refractivity contribution is -0.140. The van der Waals surface area contributed by atoms with E-state index in [4.69, 9.17) is 15.6 Å². The molecule has 0 aromatic heterocycles. The number of ether oxygens (including phenoxy) is 1. The molecule has 1 rings (SSSR count). The minimum Gasteiger partial charge on any atom is -0.480 e. The average Bonchev–Trinajstić information content (AvgIpc) is 2.36. The fourth-order valence-corrected chi connectivity index (χ4v) is 1.44. The minimum absolute atomic E-state index is 0.150. The highest BCUT2D eigenvalue weighted by Crippen LogP contribution is 2.13. The van der Waals surface area contributed by atoms with Crippen molar-refractivity contribution in [3.05, 3.63) is 30.3 Å². The molecule has 5 nitrogen and oxygen atoms in total. The van der Waals surface area contributed by atoms with Gasteiger partial charge in [-0.1, -0.05) is 25.1 Å². The highest BCUT2D eigenvalue weighted by molar-refractivity contribution is 5.74. The summed E-state index contributed by atoms with van der Waals surface area (Å²) in [6.45, 7) is 1.70. The molecule has 0 saturated carbocycles. The number of carbonyl (C=O) groups is 2. The zero-order valence-electron chi connectivity index (χ0n) is 10.2. The van der Waals surface area contributed by atoms with Crippen LogP contribution in [0.3, 0.4) is 0 Å². The maximum atomic E-state index is 11.5. The van der Waals surface area contributed by atoms with Crippen molar-refractivity contribution in [3.8, 4) is 5.75 Å². The van der Waals surface area contributed by atoms with Gasteiger partial charge >= 0.3 is 11.9 Å². The van der Waals surface area contributed by atoms with E-state index in [1.54, 1.807) is 31.2 Å². The topological polar surface area (TPSA) is 89.6 Å². The Morgan fingerprint density at radius 3 is 2.50 bits per heavy atom. The van der Waals surface area contributed by atoms with Crippen molar-refractivity contribution in [1.82, 2.24) is 0 Å². The largest absolute Gasteiger partial charge is 0.480 e. The SMILES string of the molecule is C[C@@H](CCC(=O)Oc1ccccc1)[C@H](N)C(=O)O. The second-order valence-corrected chi connectivity index (χ2v) is 4.17. The smallest absolute Gasteiger partial charge is 0.320 e. The Morgan fingerprint density at radius 1 is 1.33 bits per heavy atom. The first-order valence-corrected chi connectivity index (χ1v) is 5.75. The number of carbonyl (C=O) groups excluding carboxylic acids is 1. The Hall–Kier alpha value is -1.88. The van der Waals surface area contributed by atoms with Gasteiger partial charge in [-0.15, -0.1) is 0 Å². The Balaban J connectivity index is 2.36. The lowest BCUT2D eigenvalue weighted by Crippen LogP contribution is -2.36. The zero-order chi connectivity index (χ0) is 13.5. The monoisotopic (exact) mass is 251 g/mol. The number of carboxylic acid groups (broad SMARTS) is 1. The van der Waals surface area contributed by atoms with Crippen LogP contribution in [0.1, 0.15) is 19.8 Å². The van der Waals surface area contributed by atoms with Crippen LogP contribution in [0.25, 0.3) is 0 Å². The first-order chi connectivity index (χ1) is 8.50. The van der Waals surface area contributed by atoms with Gasteiger partial charge in [0, 0.05) is 6.42 Å². The number of para-hydroxylation sites is 1. The average molecular weight is 251 g/mol. The third-order valence-corrected chi connectivity index (χ3v) is 2.68. The molecule has 98 valence electrons. The summed E-state index contributed by atoms with van der Waals surface area (Å²) in [5, 5.41) is 8.71. The van der Waals surface area contributed by atoms with E-state index in [9.17, 15) is 9.59 Å². The van der Waals surface area contributed by atoms with Crippen LogP contribution in [0.15, 0.2) is 30.3 Å². The van der Waals surface area contributed by atoms with E-state index in [1.165, 1.54) is 0 Å². The second-order valence-electron chi connectivity index (χ2n) is 4.17. The predicted octanol–water partition coefficient (Wildman–Crippen LogP) is 1.42. The van der Waals surface area contributed by atoms with Crippen LogP contribution in [-0.2, 0) is 9.59 Å². The molecule has 0 radical (unpaired) electrons. The molecule has 0 saturated heterocycles. The number of esters is 1. The van der Waals surface area contributed by atoms with Gasteiger partial charge in [0.25, 0.3) is 0 Å². The number of carboxylic acids is 1. The molecule has 0 aliphatic heterocycles. The van der Waals surface area contributed by atoms with Crippen molar-refractivity contribution in [2.24, 2.45) is 11.7 Å². The van der Waals surface area contributed by atoms with Crippen LogP contribution >= 0.6 is 0 Å². The summed E-state index contributed by atoms with van der Waals surface area (Å²) in [6, 6.07) is 7.78. The van der Waals surface area contributed by atoms with Gasteiger partial charge in [0.1, 0.15) is 11.8 Å². The molecule has 0 spiro atoms. The third-order valence-electron chi connectivity index (χ3n) is 2.68. The third kappa shape index (κ3) is 4.55. The van der Waals surface area contributed by atoms with Crippen molar-refractivity contribution >= 4 is 11.9 Å². The molecule has 0 aliphatic carbocycles. The first kappa shape index (κ1) is 14.2. The van der Waals surface area contributed by atoms with Crippen LogP contribution in [0.2, 0.25) is 0 Å². The molecular formula is C13H17NO4. The van der Waals surface area contributed by atoms with Crippen LogP contribution in [-0.4, -0.2) is 23.1 Å². The lowest BCUT2D eigenvalue weighted by atomic mass is 9.97. The van der Waals surface area contributed by atoms with E-state index in [2.05, 4.69) is 0 Å². The molecule has 0 aliphatic rings. The number of hydrogen-bond acceptors (Lipinski definition) is 4. The molecule has 0 bridgehead atoms. The van der Waals surface area contributed by atoms with Gasteiger partial charge in [-0.25, -0.2) is 0 Å². The number of rotatable bonds is 6. The standard InChI is InChI=1S/C13H17NO4/c1-9(12(14)13(16)17)7-8-11(15)18-10-5-3-2-4-6-10/h2-6,9,12H,7-8,14H2,1H3,(H,16,17)/t9-,12-/m0/s1. The van der Waals surface area contributed by atoms with Crippen molar-refractivity contribution < 1.29 is 19.4 Å². The summed E-state index contributed by atoms with van der Waals surface area (Å²) in [4.78, 5) is 22.1. The van der Waals surface area contributed by atoms with Crippen molar-refractivity contribution in [2.45, 2.75) is 25.8 Å². The van der Waals surface area contributed by atoms with Gasteiger partial charge < -0.3 is 15.6 Å². The fraction of sp³-hybridized carbons (Fsp3) is 0.385. The molecule has 2 atom stereocenters. The summed E-state index contributed by atoms with van der Waals surface area (Å²) >= 11 is 0. The predicted molar refractivity (Wildman–Crippen MR) is 66.1 cm³/mol. The minimum atomic E-state index is -1.06. The maximum Gasteiger partial charge on any atom is 0.320 e. The van der Waals surface area contributed by atoms with Crippen LogP contribution in [0.4, 0.5) is 0 Å². The molecule has 0 heterocycles. The molecule has 3 N–H and O–H groups in total. The molecule has 0 unspecified atom stereocenters. The van der Waals surface area contributed by atoms with Crippen LogP contribution in [0, 0.1) is 5.92 Å². The van der Waals surface area contributed by atoms with E-state index in [-0.39, 0.29) is 18.3 Å². The maximum absolute atomic E-state index is 11.5. The van der Waals surface area contributed by atoms with E-state index in [0.29, 0.717) is 12.2 Å². The zero-order valence-corrected chi connectivity index (χ0v) is 10.2. The van der Waals surface area contributed by atoms with Gasteiger partial charge in [-0.2, -0.15) is 0 Å². The Labute approximate surface area is 106 Å². The molecule has 0 amide bonds. The summed E-state index contributed by atoms with van der Waals surface area (Å²) < 4.78 is 5.08. The Morgan fingerprint density at radius 2 is 1.94 bits per heavy atom. The molecule has 18 heavy (non-hydrogen) atoms. The van der Waals surface area contributed by atoms with Crippen molar-refractivity contribution in [1.29, 1.82) is 0 Å². The highest BCUT2D eigenvalue weighted by atomic mass is 16.5. The van der Waals surface area contributed by atoms with Gasteiger partial charge in [0.15, 0.2) is 0 Å². The Kier molecular flexibility index (Phi) is 5.32. The van der Waals surface area contributed by atoms with Gasteiger partial charge in [0.05, 0.1) is 0 Å². The lowest BCUT2D eigenvalue weighted by Gasteiger charge is -2.14. The molecule has 0 fully saturated rings. The first-order valence-electron chi connectivity index (χ1n) is 5.75. The number of aliphatic carboxylic acids is 1. The normalized spacial score (nSPS) is 13.7. The van der Waals surface area contributed by atoms with Gasteiger partial charge in [0.2, 0.25) is 0 Å².